The van der Waals surface area contributed by atoms with Crippen molar-refractivity contribution < 1.29 is 28.8 Å². The van der Waals surface area contributed by atoms with Crippen molar-refractivity contribution in [1.29, 1.82) is 0 Å². The Morgan fingerprint density at radius 2 is 1.19 bits per heavy atom. The zero-order valence-electron chi connectivity index (χ0n) is 20.9. The number of hydrogen-bond acceptors (Lipinski definition) is 7. The molecule has 0 radical (unpaired) electrons. The molecule has 4 aromatic rings. The zero-order chi connectivity index (χ0) is 25.5. The third-order valence-corrected chi connectivity index (χ3v) is 12.1. The Hall–Kier alpha value is -4.14. The van der Waals surface area contributed by atoms with Crippen LogP contribution in [0.5, 0.6) is 40.2 Å². The third-order valence-electron chi connectivity index (χ3n) is 7.64. The lowest BCUT2D eigenvalue weighted by Gasteiger charge is -2.48. The van der Waals surface area contributed by atoms with Gasteiger partial charge in [0.25, 0.3) is 0 Å². The minimum absolute atomic E-state index is 0.103. The molecular weight excluding hydrogens is 486 g/mol. The largest absolute Gasteiger partial charge is 0.497 e. The van der Waals surface area contributed by atoms with Crippen molar-refractivity contribution in [2.75, 3.05) is 26.2 Å². The van der Waals surface area contributed by atoms with Crippen LogP contribution >= 0.6 is 0 Å². The summed E-state index contributed by atoms with van der Waals surface area (Å²) >= 11 is 0. The molecule has 3 aliphatic rings. The standard InChI is InChI=1S/C29H25NO6Si/c1-32-18-7-5-17(6-8-18)30-21-9-16(15-31)10-23-27(21)37(4)28-22(30)11-19(33-2)12-24(28)36-26-14-20(34-3)13-25(35-23)29(26)37/h5-14,31H,15H2,1-4H3. The molecule has 1 unspecified atom stereocenters. The summed E-state index contributed by atoms with van der Waals surface area (Å²) in [7, 11) is 2.34. The number of aliphatic hydroxyl groups is 1. The van der Waals surface area contributed by atoms with E-state index in [2.05, 4.69) is 23.6 Å². The number of methoxy groups -OCH3 is 3. The molecular formula is C29H25NO6Si. The van der Waals surface area contributed by atoms with Crippen molar-refractivity contribution >= 4 is 40.7 Å². The lowest BCUT2D eigenvalue weighted by molar-refractivity contribution is 0.281. The monoisotopic (exact) mass is 511 g/mol. The van der Waals surface area contributed by atoms with Crippen LogP contribution in [0, 0.1) is 0 Å². The number of hydrogen-bond donors (Lipinski definition) is 1. The van der Waals surface area contributed by atoms with Gasteiger partial charge in [-0.15, -0.1) is 0 Å². The maximum Gasteiger partial charge on any atom is 0.170 e. The molecule has 0 saturated carbocycles. The van der Waals surface area contributed by atoms with Crippen LogP contribution in [0.15, 0.2) is 60.7 Å². The van der Waals surface area contributed by atoms with Crippen LogP contribution in [-0.2, 0) is 6.61 Å². The van der Waals surface area contributed by atoms with Crippen molar-refractivity contribution in [3.8, 4) is 40.2 Å². The molecule has 7 rings (SSSR count). The van der Waals surface area contributed by atoms with Crippen molar-refractivity contribution in [2.24, 2.45) is 0 Å². The molecule has 8 heteroatoms. The van der Waals surface area contributed by atoms with Gasteiger partial charge in [0.2, 0.25) is 0 Å². The summed E-state index contributed by atoms with van der Waals surface area (Å²) in [6.45, 7) is 2.25. The van der Waals surface area contributed by atoms with Gasteiger partial charge in [0.05, 0.1) is 39.3 Å². The van der Waals surface area contributed by atoms with Gasteiger partial charge in [-0.05, 0) is 42.0 Å². The van der Waals surface area contributed by atoms with Crippen molar-refractivity contribution in [2.45, 2.75) is 13.2 Å². The van der Waals surface area contributed by atoms with E-state index in [9.17, 15) is 5.11 Å². The molecule has 0 fully saturated rings. The lowest BCUT2D eigenvalue weighted by atomic mass is 10.1. The maximum absolute atomic E-state index is 10.2. The van der Waals surface area contributed by atoms with Crippen LogP contribution in [0.4, 0.5) is 17.1 Å². The van der Waals surface area contributed by atoms with Crippen LogP contribution in [0.25, 0.3) is 0 Å². The quantitative estimate of drug-likeness (QED) is 0.353. The highest BCUT2D eigenvalue weighted by atomic mass is 28.3. The molecule has 3 heterocycles. The number of anilines is 3. The smallest absolute Gasteiger partial charge is 0.170 e. The Kier molecular flexibility index (Phi) is 4.58. The van der Waals surface area contributed by atoms with Gasteiger partial charge in [-0.3, -0.25) is 0 Å². The third kappa shape index (κ3) is 2.85. The summed E-state index contributed by atoms with van der Waals surface area (Å²) in [6.07, 6.45) is 0. The van der Waals surface area contributed by atoms with E-state index in [4.69, 9.17) is 23.7 Å². The van der Waals surface area contributed by atoms with E-state index in [1.807, 2.05) is 48.5 Å². The van der Waals surface area contributed by atoms with Gasteiger partial charge in [-0.25, -0.2) is 0 Å². The minimum atomic E-state index is -2.62. The Morgan fingerprint density at radius 1 is 0.676 bits per heavy atom. The van der Waals surface area contributed by atoms with Crippen LogP contribution in [-0.4, -0.2) is 34.5 Å². The molecule has 37 heavy (non-hydrogen) atoms. The fourth-order valence-electron chi connectivity index (χ4n) is 6.05. The average Bonchev–Trinajstić information content (AvgIpc) is 2.92. The SMILES string of the molecule is COc1ccc(N2c3cc(CO)cc4c3[Si]3(C)c5c(cc(OC)cc5Oc5cc(OC)cc2c53)O4)cc1. The molecule has 3 aliphatic heterocycles. The first-order valence-electron chi connectivity index (χ1n) is 12.0. The molecule has 1 N–H and O–H groups in total. The lowest BCUT2D eigenvalue weighted by Crippen LogP contribution is -2.71. The van der Waals surface area contributed by atoms with E-state index in [0.717, 1.165) is 66.9 Å². The fourth-order valence-corrected chi connectivity index (χ4v) is 10.7. The second kappa shape index (κ2) is 7.68. The summed E-state index contributed by atoms with van der Waals surface area (Å²) in [5.74, 6) is 5.16. The van der Waals surface area contributed by atoms with Crippen molar-refractivity contribution in [1.82, 2.24) is 0 Å². The molecule has 0 aliphatic carbocycles. The van der Waals surface area contributed by atoms with Gasteiger partial charge in [0, 0.05) is 45.5 Å². The predicted octanol–water partition coefficient (Wildman–Crippen LogP) is 4.30. The van der Waals surface area contributed by atoms with E-state index >= 15 is 0 Å². The highest BCUT2D eigenvalue weighted by Crippen LogP contribution is 2.50. The van der Waals surface area contributed by atoms with Gasteiger partial charge >= 0.3 is 0 Å². The number of ether oxygens (including phenoxy) is 5. The Morgan fingerprint density at radius 3 is 1.76 bits per heavy atom. The average molecular weight is 512 g/mol. The van der Waals surface area contributed by atoms with Crippen LogP contribution in [0.1, 0.15) is 5.56 Å². The minimum Gasteiger partial charge on any atom is -0.497 e. The molecule has 0 aromatic heterocycles. The van der Waals surface area contributed by atoms with Gasteiger partial charge in [-0.1, -0.05) is 6.55 Å². The molecule has 186 valence electrons. The molecule has 0 spiro atoms. The molecule has 0 bridgehead atoms. The van der Waals surface area contributed by atoms with E-state index < -0.39 is 8.07 Å². The molecule has 0 saturated heterocycles. The van der Waals surface area contributed by atoms with E-state index in [1.54, 1.807) is 21.3 Å². The summed E-state index contributed by atoms with van der Waals surface area (Å²) in [4.78, 5) is 2.21. The number of aliphatic hydroxyl groups excluding tert-OH is 1. The summed E-state index contributed by atoms with van der Waals surface area (Å²) < 4.78 is 29.9. The Labute approximate surface area is 215 Å². The summed E-state index contributed by atoms with van der Waals surface area (Å²) in [5, 5.41) is 13.6. The van der Waals surface area contributed by atoms with Crippen LogP contribution in [0.2, 0.25) is 6.55 Å². The van der Waals surface area contributed by atoms with Gasteiger partial charge < -0.3 is 33.7 Å². The van der Waals surface area contributed by atoms with Gasteiger partial charge in [0.1, 0.15) is 40.2 Å². The van der Waals surface area contributed by atoms with Crippen molar-refractivity contribution in [3.05, 3.63) is 66.2 Å². The first-order valence-corrected chi connectivity index (χ1v) is 14.5. The zero-order valence-corrected chi connectivity index (χ0v) is 21.9. The van der Waals surface area contributed by atoms with E-state index in [0.29, 0.717) is 11.5 Å². The highest BCUT2D eigenvalue weighted by Gasteiger charge is 2.55. The number of rotatable bonds is 5. The number of benzene rings is 4. The second-order valence-electron chi connectivity index (χ2n) is 9.53. The Bertz CT molecular complexity index is 1510. The summed E-state index contributed by atoms with van der Waals surface area (Å²) in [6, 6.07) is 19.9. The topological polar surface area (TPSA) is 69.6 Å². The van der Waals surface area contributed by atoms with Gasteiger partial charge in [-0.2, -0.15) is 0 Å². The first kappa shape index (κ1) is 22.1. The van der Waals surface area contributed by atoms with Crippen LogP contribution in [0.3, 0.4) is 0 Å². The first-order chi connectivity index (χ1) is 18.0. The second-order valence-corrected chi connectivity index (χ2v) is 13.3. The molecule has 7 nitrogen and oxygen atoms in total. The Balaban J connectivity index is 1.62. The highest BCUT2D eigenvalue weighted by molar-refractivity contribution is 7.14. The number of nitrogens with zero attached hydrogens (tertiary/aromatic N) is 1. The summed E-state index contributed by atoms with van der Waals surface area (Å²) in [5.41, 5.74) is 3.71. The predicted molar refractivity (Wildman–Crippen MR) is 144 cm³/mol. The van der Waals surface area contributed by atoms with Crippen LogP contribution < -0.4 is 44.1 Å². The molecule has 4 aromatic carbocycles. The van der Waals surface area contributed by atoms with Crippen molar-refractivity contribution in [3.63, 3.8) is 0 Å². The molecule has 1 atom stereocenters. The maximum atomic E-state index is 10.2. The normalized spacial score (nSPS) is 17.4. The van der Waals surface area contributed by atoms with E-state index in [-0.39, 0.29) is 6.61 Å². The van der Waals surface area contributed by atoms with E-state index in [1.165, 1.54) is 0 Å². The fraction of sp³-hybridized carbons (Fsp3) is 0.172. The molecule has 0 amide bonds. The van der Waals surface area contributed by atoms with Gasteiger partial charge in [0.15, 0.2) is 8.07 Å².